The average molecular weight is 315 g/mol. The Morgan fingerprint density at radius 3 is 2.78 bits per heavy atom. The molecule has 0 aromatic heterocycles. The van der Waals surface area contributed by atoms with Crippen LogP contribution in [0.5, 0.6) is 0 Å². The summed E-state index contributed by atoms with van der Waals surface area (Å²) in [6.45, 7) is 6.11. The summed E-state index contributed by atoms with van der Waals surface area (Å²) in [5.41, 5.74) is 2.59. The van der Waals surface area contributed by atoms with Crippen LogP contribution in [0, 0.1) is 0 Å². The summed E-state index contributed by atoms with van der Waals surface area (Å²) in [6.07, 6.45) is 6.01. The molecule has 0 radical (unpaired) electrons. The lowest BCUT2D eigenvalue weighted by Gasteiger charge is -2.33. The minimum absolute atomic E-state index is 0.00396. The maximum Gasteiger partial charge on any atom is 0.237 e. The molecule has 1 aromatic rings. The number of carbonyl (C=O) groups excluding carboxylic acids is 1. The molecule has 4 nitrogen and oxygen atoms in total. The Kier molecular flexibility index (Phi) is 5.68. The van der Waals surface area contributed by atoms with E-state index in [2.05, 4.69) is 46.7 Å². The van der Waals surface area contributed by atoms with Crippen LogP contribution in [0.25, 0.3) is 0 Å². The number of nitrogens with zero attached hydrogens (tertiary/aromatic N) is 1. The predicted molar refractivity (Wildman–Crippen MR) is 93.0 cm³/mol. The predicted octanol–water partition coefficient (Wildman–Crippen LogP) is 2.43. The van der Waals surface area contributed by atoms with Crippen molar-refractivity contribution in [3.8, 4) is 0 Å². The monoisotopic (exact) mass is 315 g/mol. The number of rotatable bonds is 5. The van der Waals surface area contributed by atoms with Crippen LogP contribution >= 0.6 is 0 Å². The highest BCUT2D eigenvalue weighted by atomic mass is 16.2. The van der Waals surface area contributed by atoms with Crippen LogP contribution < -0.4 is 10.6 Å². The quantitative estimate of drug-likeness (QED) is 0.877. The SMILES string of the molecule is CC1CCCCN1Cc1ccccc1CNC(=O)C1CCCN1. The van der Waals surface area contributed by atoms with Crippen LogP contribution in [-0.2, 0) is 17.9 Å². The summed E-state index contributed by atoms with van der Waals surface area (Å²) in [4.78, 5) is 14.8. The first-order valence-corrected chi connectivity index (χ1v) is 9.06. The van der Waals surface area contributed by atoms with Gasteiger partial charge in [-0.15, -0.1) is 0 Å². The molecule has 0 spiro atoms. The van der Waals surface area contributed by atoms with E-state index in [9.17, 15) is 4.79 Å². The van der Waals surface area contributed by atoms with Crippen molar-refractivity contribution in [1.29, 1.82) is 0 Å². The van der Waals surface area contributed by atoms with Gasteiger partial charge >= 0.3 is 0 Å². The third kappa shape index (κ3) is 4.33. The minimum Gasteiger partial charge on any atom is -0.351 e. The molecule has 2 N–H and O–H groups in total. The van der Waals surface area contributed by atoms with Crippen molar-refractivity contribution in [2.24, 2.45) is 0 Å². The van der Waals surface area contributed by atoms with Gasteiger partial charge in [0.15, 0.2) is 0 Å². The molecule has 2 unspecified atom stereocenters. The van der Waals surface area contributed by atoms with Crippen LogP contribution in [0.2, 0.25) is 0 Å². The second-order valence-corrected chi connectivity index (χ2v) is 6.95. The maximum absolute atomic E-state index is 12.2. The third-order valence-corrected chi connectivity index (χ3v) is 5.26. The Labute approximate surface area is 139 Å². The van der Waals surface area contributed by atoms with E-state index in [1.54, 1.807) is 0 Å². The van der Waals surface area contributed by atoms with E-state index < -0.39 is 0 Å². The molecule has 1 aromatic carbocycles. The van der Waals surface area contributed by atoms with Gasteiger partial charge in [-0.25, -0.2) is 0 Å². The zero-order valence-corrected chi connectivity index (χ0v) is 14.2. The van der Waals surface area contributed by atoms with Crippen molar-refractivity contribution in [2.45, 2.75) is 64.2 Å². The van der Waals surface area contributed by atoms with Crippen molar-refractivity contribution in [2.75, 3.05) is 13.1 Å². The van der Waals surface area contributed by atoms with Gasteiger partial charge in [0.2, 0.25) is 5.91 Å². The van der Waals surface area contributed by atoms with Crippen molar-refractivity contribution in [3.63, 3.8) is 0 Å². The van der Waals surface area contributed by atoms with Gasteiger partial charge in [-0.1, -0.05) is 30.7 Å². The van der Waals surface area contributed by atoms with Gasteiger partial charge < -0.3 is 10.6 Å². The fourth-order valence-electron chi connectivity index (χ4n) is 3.71. The zero-order chi connectivity index (χ0) is 16.1. The number of hydrogen-bond acceptors (Lipinski definition) is 3. The molecule has 2 aliphatic rings. The first-order chi connectivity index (χ1) is 11.2. The van der Waals surface area contributed by atoms with Gasteiger partial charge in [-0.05, 0) is 56.8 Å². The second-order valence-electron chi connectivity index (χ2n) is 6.95. The number of likely N-dealkylation sites (tertiary alicyclic amines) is 1. The molecule has 4 heteroatoms. The van der Waals surface area contributed by atoms with Gasteiger partial charge in [0.1, 0.15) is 0 Å². The normalized spacial score (nSPS) is 25.4. The van der Waals surface area contributed by atoms with Gasteiger partial charge in [-0.2, -0.15) is 0 Å². The van der Waals surface area contributed by atoms with Crippen LogP contribution in [-0.4, -0.2) is 36.0 Å². The molecular weight excluding hydrogens is 286 g/mol. The van der Waals surface area contributed by atoms with Gasteiger partial charge in [0, 0.05) is 19.1 Å². The fraction of sp³-hybridized carbons (Fsp3) is 0.632. The number of benzene rings is 1. The molecule has 126 valence electrons. The highest BCUT2D eigenvalue weighted by molar-refractivity contribution is 5.82. The fourth-order valence-corrected chi connectivity index (χ4v) is 3.71. The van der Waals surface area contributed by atoms with Crippen LogP contribution in [0.1, 0.15) is 50.2 Å². The topological polar surface area (TPSA) is 44.4 Å². The molecule has 2 atom stereocenters. The van der Waals surface area contributed by atoms with E-state index in [0.717, 1.165) is 25.9 Å². The molecule has 2 saturated heterocycles. The van der Waals surface area contributed by atoms with Crippen LogP contribution in [0.3, 0.4) is 0 Å². The lowest BCUT2D eigenvalue weighted by Crippen LogP contribution is -2.40. The number of amides is 1. The van der Waals surface area contributed by atoms with Crippen molar-refractivity contribution in [1.82, 2.24) is 15.5 Å². The first-order valence-electron chi connectivity index (χ1n) is 9.06. The number of carbonyl (C=O) groups is 1. The molecule has 2 aliphatic heterocycles. The highest BCUT2D eigenvalue weighted by Crippen LogP contribution is 2.20. The molecule has 1 amide bonds. The van der Waals surface area contributed by atoms with Crippen molar-refractivity contribution < 1.29 is 4.79 Å². The number of piperidine rings is 1. The maximum atomic E-state index is 12.2. The van der Waals surface area contributed by atoms with E-state index in [-0.39, 0.29) is 11.9 Å². The molecule has 0 aliphatic carbocycles. The summed E-state index contributed by atoms with van der Waals surface area (Å²) in [6, 6.07) is 9.19. The van der Waals surface area contributed by atoms with Gasteiger partial charge in [0.05, 0.1) is 6.04 Å². The molecule has 3 rings (SSSR count). The summed E-state index contributed by atoms with van der Waals surface area (Å²) >= 11 is 0. The Bertz CT molecular complexity index is 525. The number of nitrogens with one attached hydrogen (secondary N) is 2. The summed E-state index contributed by atoms with van der Waals surface area (Å²) in [5, 5.41) is 6.37. The Morgan fingerprint density at radius 1 is 1.22 bits per heavy atom. The second kappa shape index (κ2) is 7.93. The molecular formula is C19H29N3O. The van der Waals surface area contributed by atoms with Crippen molar-refractivity contribution >= 4 is 5.91 Å². The number of hydrogen-bond donors (Lipinski definition) is 2. The van der Waals surface area contributed by atoms with E-state index >= 15 is 0 Å². The average Bonchev–Trinajstić information content (AvgIpc) is 3.10. The third-order valence-electron chi connectivity index (χ3n) is 5.26. The molecule has 0 bridgehead atoms. The zero-order valence-electron chi connectivity index (χ0n) is 14.2. The lowest BCUT2D eigenvalue weighted by atomic mass is 10.0. The van der Waals surface area contributed by atoms with E-state index in [1.165, 1.54) is 36.9 Å². The standard InChI is InChI=1S/C19H29N3O/c1-15-7-4-5-12-22(15)14-17-9-3-2-8-16(17)13-21-19(23)18-10-6-11-20-18/h2-3,8-9,15,18,20H,4-7,10-14H2,1H3,(H,21,23). The smallest absolute Gasteiger partial charge is 0.237 e. The minimum atomic E-state index is 0.00396. The van der Waals surface area contributed by atoms with Gasteiger partial charge in [-0.3, -0.25) is 9.69 Å². The van der Waals surface area contributed by atoms with E-state index in [0.29, 0.717) is 12.6 Å². The van der Waals surface area contributed by atoms with Crippen molar-refractivity contribution in [3.05, 3.63) is 35.4 Å². The Morgan fingerprint density at radius 2 is 2.04 bits per heavy atom. The molecule has 0 saturated carbocycles. The van der Waals surface area contributed by atoms with Crippen LogP contribution in [0.4, 0.5) is 0 Å². The molecule has 2 fully saturated rings. The molecule has 2 heterocycles. The van der Waals surface area contributed by atoms with E-state index in [4.69, 9.17) is 0 Å². The van der Waals surface area contributed by atoms with E-state index in [1.807, 2.05) is 0 Å². The summed E-state index contributed by atoms with van der Waals surface area (Å²) in [5.74, 6) is 0.142. The highest BCUT2D eigenvalue weighted by Gasteiger charge is 2.22. The molecule has 23 heavy (non-hydrogen) atoms. The lowest BCUT2D eigenvalue weighted by molar-refractivity contribution is -0.122. The van der Waals surface area contributed by atoms with Gasteiger partial charge in [0.25, 0.3) is 0 Å². The van der Waals surface area contributed by atoms with Crippen LogP contribution in [0.15, 0.2) is 24.3 Å². The summed E-state index contributed by atoms with van der Waals surface area (Å²) < 4.78 is 0. The Hall–Kier alpha value is -1.39. The summed E-state index contributed by atoms with van der Waals surface area (Å²) in [7, 11) is 0. The first kappa shape index (κ1) is 16.5. The largest absolute Gasteiger partial charge is 0.351 e. The Balaban J connectivity index is 1.59.